The molecule has 1 aromatic rings. The fourth-order valence-corrected chi connectivity index (χ4v) is 3.24. The Morgan fingerprint density at radius 2 is 1.67 bits per heavy atom. The largest absolute Gasteiger partial charge is 0.496 e. The summed E-state index contributed by atoms with van der Waals surface area (Å²) in [5.41, 5.74) is -0.312. The Morgan fingerprint density at radius 3 is 2.05 bits per heavy atom. The number of benzene rings is 1. The van der Waals surface area contributed by atoms with Gasteiger partial charge in [0, 0.05) is 0 Å². The fraction of sp³-hybridized carbons (Fsp3) is 0.588. The lowest BCUT2D eigenvalue weighted by atomic mass is 9.81. The van der Waals surface area contributed by atoms with Crippen LogP contribution in [0.5, 0.6) is 11.5 Å². The predicted octanol–water partition coefficient (Wildman–Crippen LogP) is 3.48. The number of carbonyl (C=O) groups excluding carboxylic acids is 1. The van der Waals surface area contributed by atoms with E-state index in [4.69, 9.17) is 14.2 Å². The lowest BCUT2D eigenvalue weighted by molar-refractivity contribution is -0.0712. The van der Waals surface area contributed by atoms with Crippen LogP contribution in [0.25, 0.3) is 0 Å². The molecule has 4 heteroatoms. The van der Waals surface area contributed by atoms with Crippen LogP contribution in [-0.2, 0) is 4.74 Å². The van der Waals surface area contributed by atoms with Gasteiger partial charge in [-0.3, -0.25) is 4.79 Å². The molecule has 21 heavy (non-hydrogen) atoms. The van der Waals surface area contributed by atoms with Crippen molar-refractivity contribution >= 4 is 5.78 Å². The zero-order valence-electron chi connectivity index (χ0n) is 13.6. The van der Waals surface area contributed by atoms with E-state index in [0.29, 0.717) is 23.5 Å². The normalized spacial score (nSPS) is 22.9. The van der Waals surface area contributed by atoms with Crippen molar-refractivity contribution < 1.29 is 19.0 Å². The van der Waals surface area contributed by atoms with Gasteiger partial charge in [-0.25, -0.2) is 0 Å². The van der Waals surface area contributed by atoms with E-state index in [-0.39, 0.29) is 17.3 Å². The maximum atomic E-state index is 13.1. The van der Waals surface area contributed by atoms with E-state index in [1.807, 2.05) is 33.8 Å². The standard InChI is InChI=1S/C17H24O4/c1-16(2)10-11(17(3,4)21-16)15(18)14-12(19-5)8-7-9-13(14)20-6/h7-9,11H,10H2,1-6H3. The van der Waals surface area contributed by atoms with Crippen molar-refractivity contribution in [1.29, 1.82) is 0 Å². The van der Waals surface area contributed by atoms with Crippen molar-refractivity contribution in [2.45, 2.75) is 45.3 Å². The van der Waals surface area contributed by atoms with Crippen LogP contribution in [0.2, 0.25) is 0 Å². The quantitative estimate of drug-likeness (QED) is 0.797. The molecular weight excluding hydrogens is 268 g/mol. The minimum atomic E-state index is -0.507. The van der Waals surface area contributed by atoms with Gasteiger partial charge < -0.3 is 14.2 Å². The smallest absolute Gasteiger partial charge is 0.176 e. The summed E-state index contributed by atoms with van der Waals surface area (Å²) in [7, 11) is 3.12. The lowest BCUT2D eigenvalue weighted by Gasteiger charge is -2.27. The van der Waals surface area contributed by atoms with Gasteiger partial charge in [-0.15, -0.1) is 0 Å². The van der Waals surface area contributed by atoms with Crippen LogP contribution in [0, 0.1) is 5.92 Å². The van der Waals surface area contributed by atoms with E-state index >= 15 is 0 Å². The molecule has 0 amide bonds. The van der Waals surface area contributed by atoms with E-state index in [1.165, 1.54) is 0 Å². The van der Waals surface area contributed by atoms with Gasteiger partial charge in [0.1, 0.15) is 17.1 Å². The zero-order valence-corrected chi connectivity index (χ0v) is 13.6. The molecule has 2 rings (SSSR count). The molecule has 0 bridgehead atoms. The molecule has 0 aromatic heterocycles. The van der Waals surface area contributed by atoms with Crippen molar-refractivity contribution in [1.82, 2.24) is 0 Å². The minimum Gasteiger partial charge on any atom is -0.496 e. The summed E-state index contributed by atoms with van der Waals surface area (Å²) in [6.45, 7) is 7.96. The number of hydrogen-bond acceptors (Lipinski definition) is 4. The number of ketones is 1. The first-order chi connectivity index (χ1) is 9.72. The predicted molar refractivity (Wildman–Crippen MR) is 81.2 cm³/mol. The first kappa shape index (κ1) is 15.8. The third kappa shape index (κ3) is 2.91. The van der Waals surface area contributed by atoms with Gasteiger partial charge in [-0.05, 0) is 46.2 Å². The van der Waals surface area contributed by atoms with Gasteiger partial charge in [-0.1, -0.05) is 6.07 Å². The molecule has 0 saturated carbocycles. The van der Waals surface area contributed by atoms with Crippen molar-refractivity contribution in [2.24, 2.45) is 5.92 Å². The molecule has 1 aliphatic heterocycles. The Hall–Kier alpha value is -1.55. The highest BCUT2D eigenvalue weighted by Gasteiger charge is 2.50. The molecule has 0 N–H and O–H groups in total. The molecule has 0 aliphatic carbocycles. The number of hydrogen-bond donors (Lipinski definition) is 0. The summed E-state index contributed by atoms with van der Waals surface area (Å²) < 4.78 is 16.7. The summed E-state index contributed by atoms with van der Waals surface area (Å²) in [4.78, 5) is 13.1. The Labute approximate surface area is 126 Å². The van der Waals surface area contributed by atoms with Crippen LogP contribution in [0.1, 0.15) is 44.5 Å². The highest BCUT2D eigenvalue weighted by molar-refractivity contribution is 6.03. The summed E-state index contributed by atoms with van der Waals surface area (Å²) in [5.74, 6) is 0.872. The molecule has 0 radical (unpaired) electrons. The van der Waals surface area contributed by atoms with Crippen molar-refractivity contribution in [2.75, 3.05) is 14.2 Å². The SMILES string of the molecule is COc1cccc(OC)c1C(=O)C1CC(C)(C)OC1(C)C. The van der Waals surface area contributed by atoms with Crippen LogP contribution in [0.15, 0.2) is 18.2 Å². The van der Waals surface area contributed by atoms with Crippen LogP contribution in [0.3, 0.4) is 0 Å². The van der Waals surface area contributed by atoms with Gasteiger partial charge in [-0.2, -0.15) is 0 Å². The van der Waals surface area contributed by atoms with Crippen LogP contribution in [0.4, 0.5) is 0 Å². The third-order valence-corrected chi connectivity index (χ3v) is 4.06. The van der Waals surface area contributed by atoms with Gasteiger partial charge in [0.05, 0.1) is 31.3 Å². The molecular formula is C17H24O4. The van der Waals surface area contributed by atoms with Crippen molar-refractivity contribution in [3.63, 3.8) is 0 Å². The summed E-state index contributed by atoms with van der Waals surface area (Å²) >= 11 is 0. The topological polar surface area (TPSA) is 44.8 Å². The minimum absolute atomic E-state index is 0.0138. The second kappa shape index (κ2) is 5.34. The Kier molecular flexibility index (Phi) is 4.02. The average Bonchev–Trinajstić information content (AvgIpc) is 2.64. The van der Waals surface area contributed by atoms with E-state index in [0.717, 1.165) is 0 Å². The summed E-state index contributed by atoms with van der Waals surface area (Å²) in [6, 6.07) is 5.38. The third-order valence-electron chi connectivity index (χ3n) is 4.06. The Morgan fingerprint density at radius 1 is 1.14 bits per heavy atom. The highest BCUT2D eigenvalue weighted by Crippen LogP contribution is 2.45. The molecule has 1 aromatic carbocycles. The van der Waals surface area contributed by atoms with Crippen LogP contribution >= 0.6 is 0 Å². The van der Waals surface area contributed by atoms with E-state index in [9.17, 15) is 4.79 Å². The van der Waals surface area contributed by atoms with Gasteiger partial charge in [0.2, 0.25) is 0 Å². The second-order valence-corrected chi connectivity index (χ2v) is 6.62. The second-order valence-electron chi connectivity index (χ2n) is 6.62. The molecule has 116 valence electrons. The highest BCUT2D eigenvalue weighted by atomic mass is 16.5. The Bertz CT molecular complexity index is 523. The number of Topliss-reactive ketones (excluding diaryl/α,β-unsaturated/α-hetero) is 1. The van der Waals surface area contributed by atoms with Gasteiger partial charge >= 0.3 is 0 Å². The first-order valence-corrected chi connectivity index (χ1v) is 7.17. The van der Waals surface area contributed by atoms with Crippen molar-refractivity contribution in [3.8, 4) is 11.5 Å². The van der Waals surface area contributed by atoms with E-state index in [2.05, 4.69) is 0 Å². The van der Waals surface area contributed by atoms with Crippen molar-refractivity contribution in [3.05, 3.63) is 23.8 Å². The van der Waals surface area contributed by atoms with Crippen LogP contribution in [-0.4, -0.2) is 31.2 Å². The molecule has 4 nitrogen and oxygen atoms in total. The van der Waals surface area contributed by atoms with Crippen LogP contribution < -0.4 is 9.47 Å². The maximum absolute atomic E-state index is 13.1. The number of rotatable bonds is 4. The molecule has 0 spiro atoms. The molecule has 1 saturated heterocycles. The average molecular weight is 292 g/mol. The first-order valence-electron chi connectivity index (χ1n) is 7.17. The number of ether oxygens (including phenoxy) is 3. The maximum Gasteiger partial charge on any atom is 0.176 e. The van der Waals surface area contributed by atoms with Gasteiger partial charge in [0.15, 0.2) is 5.78 Å². The fourth-order valence-electron chi connectivity index (χ4n) is 3.24. The van der Waals surface area contributed by atoms with E-state index in [1.54, 1.807) is 26.4 Å². The molecule has 1 atom stereocenters. The molecule has 1 fully saturated rings. The summed E-state index contributed by atoms with van der Waals surface area (Å²) in [6.07, 6.45) is 0.681. The Balaban J connectivity index is 2.46. The van der Waals surface area contributed by atoms with E-state index < -0.39 is 5.60 Å². The summed E-state index contributed by atoms with van der Waals surface area (Å²) in [5, 5.41) is 0. The van der Waals surface area contributed by atoms with Gasteiger partial charge in [0.25, 0.3) is 0 Å². The number of carbonyl (C=O) groups is 1. The molecule has 1 unspecified atom stereocenters. The monoisotopic (exact) mass is 292 g/mol. The zero-order chi connectivity index (χ0) is 15.8. The molecule has 1 aliphatic rings. The number of methoxy groups -OCH3 is 2. The molecule has 1 heterocycles. The lowest BCUT2D eigenvalue weighted by Crippen LogP contribution is -2.34.